The molecule has 14 heavy (non-hydrogen) atoms. The molecular weight excluding hydrogens is 192 g/mol. The van der Waals surface area contributed by atoms with Crippen LogP contribution in [0.25, 0.3) is 0 Å². The Labute approximate surface area is 91.4 Å². The van der Waals surface area contributed by atoms with Crippen LogP contribution in [0.15, 0.2) is 0 Å². The summed E-state index contributed by atoms with van der Waals surface area (Å²) in [6, 6.07) is 0.586. The van der Waals surface area contributed by atoms with E-state index in [2.05, 4.69) is 17.2 Å². The summed E-state index contributed by atoms with van der Waals surface area (Å²) in [4.78, 5) is 0. The molecule has 2 aliphatic rings. The van der Waals surface area contributed by atoms with Crippen molar-refractivity contribution in [3.63, 3.8) is 0 Å². The van der Waals surface area contributed by atoms with Crippen LogP contribution in [-0.2, 0) is 0 Å². The Morgan fingerprint density at radius 3 is 2.36 bits per heavy atom. The summed E-state index contributed by atoms with van der Waals surface area (Å²) in [6.45, 7) is 0. The van der Waals surface area contributed by atoms with Crippen LogP contribution in [0.1, 0.15) is 44.9 Å². The lowest BCUT2D eigenvalue weighted by Gasteiger charge is -2.33. The third-order valence-corrected chi connectivity index (χ3v) is 5.20. The molecule has 2 atom stereocenters. The van der Waals surface area contributed by atoms with Crippen molar-refractivity contribution in [2.24, 2.45) is 11.8 Å². The highest BCUT2D eigenvalue weighted by Gasteiger charge is 2.31. The second kappa shape index (κ2) is 5.38. The van der Waals surface area contributed by atoms with E-state index in [0.29, 0.717) is 6.04 Å². The molecule has 0 aromatic carbocycles. The Bertz CT molecular complexity index is 163. The summed E-state index contributed by atoms with van der Waals surface area (Å²) in [6.07, 6.45) is 9.81. The van der Waals surface area contributed by atoms with Gasteiger partial charge in [0.2, 0.25) is 0 Å². The summed E-state index contributed by atoms with van der Waals surface area (Å²) < 4.78 is 0. The molecule has 2 nitrogen and oxygen atoms in total. The third-order valence-electron chi connectivity index (χ3n) is 3.72. The number of thioether (sulfide) groups is 1. The van der Waals surface area contributed by atoms with Crippen LogP contribution in [0.3, 0.4) is 0 Å². The summed E-state index contributed by atoms with van der Waals surface area (Å²) in [5.74, 6) is 7.92. The fourth-order valence-corrected chi connectivity index (χ4v) is 4.43. The van der Waals surface area contributed by atoms with Gasteiger partial charge in [-0.15, -0.1) is 0 Å². The van der Waals surface area contributed by atoms with E-state index in [-0.39, 0.29) is 0 Å². The molecule has 0 radical (unpaired) electrons. The Hall–Kier alpha value is 0.270. The van der Waals surface area contributed by atoms with E-state index in [1.807, 2.05) is 0 Å². The maximum absolute atomic E-state index is 5.72. The molecule has 2 rings (SSSR count). The highest BCUT2D eigenvalue weighted by molar-refractivity contribution is 8.00. The van der Waals surface area contributed by atoms with Gasteiger partial charge in [0.25, 0.3) is 0 Å². The average Bonchev–Trinajstić information content (AvgIpc) is 2.74. The number of hydrogen-bond acceptors (Lipinski definition) is 3. The van der Waals surface area contributed by atoms with Crippen molar-refractivity contribution < 1.29 is 0 Å². The largest absolute Gasteiger partial charge is 0.271 e. The van der Waals surface area contributed by atoms with E-state index in [1.165, 1.54) is 50.7 Å². The SMILES string of the molecule is NNC(C1CCCC1)C1CCCCS1. The van der Waals surface area contributed by atoms with Gasteiger partial charge in [-0.25, -0.2) is 0 Å². The fraction of sp³-hybridized carbons (Fsp3) is 1.00. The van der Waals surface area contributed by atoms with Crippen LogP contribution >= 0.6 is 11.8 Å². The van der Waals surface area contributed by atoms with E-state index in [1.54, 1.807) is 0 Å². The van der Waals surface area contributed by atoms with E-state index in [4.69, 9.17) is 5.84 Å². The molecule has 1 saturated carbocycles. The number of rotatable bonds is 3. The van der Waals surface area contributed by atoms with Gasteiger partial charge in [0.1, 0.15) is 0 Å². The molecule has 82 valence electrons. The minimum atomic E-state index is 0.586. The van der Waals surface area contributed by atoms with Crippen molar-refractivity contribution in [3.8, 4) is 0 Å². The van der Waals surface area contributed by atoms with E-state index in [9.17, 15) is 0 Å². The first-order chi connectivity index (χ1) is 6.92. The van der Waals surface area contributed by atoms with Gasteiger partial charge in [0.05, 0.1) is 0 Å². The van der Waals surface area contributed by atoms with Gasteiger partial charge in [-0.3, -0.25) is 11.3 Å². The molecule has 3 heteroatoms. The van der Waals surface area contributed by atoms with Crippen LogP contribution in [0, 0.1) is 5.92 Å². The molecule has 1 aliphatic heterocycles. The highest BCUT2D eigenvalue weighted by atomic mass is 32.2. The molecular formula is C11H22N2S. The maximum Gasteiger partial charge on any atom is 0.0357 e. The van der Waals surface area contributed by atoms with Crippen molar-refractivity contribution in [3.05, 3.63) is 0 Å². The minimum absolute atomic E-state index is 0.586. The van der Waals surface area contributed by atoms with Gasteiger partial charge in [0, 0.05) is 11.3 Å². The zero-order valence-corrected chi connectivity index (χ0v) is 9.69. The van der Waals surface area contributed by atoms with E-state index < -0.39 is 0 Å². The highest BCUT2D eigenvalue weighted by Crippen LogP contribution is 2.36. The van der Waals surface area contributed by atoms with Gasteiger partial charge in [-0.1, -0.05) is 19.3 Å². The molecule has 1 heterocycles. The Kier molecular flexibility index (Phi) is 4.14. The van der Waals surface area contributed by atoms with Crippen LogP contribution < -0.4 is 11.3 Å². The summed E-state index contributed by atoms with van der Waals surface area (Å²) >= 11 is 2.14. The van der Waals surface area contributed by atoms with Crippen LogP contribution in [-0.4, -0.2) is 17.0 Å². The standard InChI is InChI=1S/C11H22N2S/c12-13-11(9-5-1-2-6-9)10-7-3-4-8-14-10/h9-11,13H,1-8,12H2. The second-order valence-corrected chi connectivity index (χ2v) is 5.99. The normalized spacial score (nSPS) is 31.9. The monoisotopic (exact) mass is 214 g/mol. The molecule has 2 fully saturated rings. The number of hydrogen-bond donors (Lipinski definition) is 2. The van der Waals surface area contributed by atoms with Crippen molar-refractivity contribution >= 4 is 11.8 Å². The quantitative estimate of drug-likeness (QED) is 0.559. The van der Waals surface area contributed by atoms with Gasteiger partial charge in [-0.05, 0) is 37.4 Å². The predicted octanol–water partition coefficient (Wildman–Crippen LogP) is 2.29. The molecule has 2 unspecified atom stereocenters. The molecule has 0 spiro atoms. The Morgan fingerprint density at radius 1 is 1.07 bits per heavy atom. The van der Waals surface area contributed by atoms with Crippen molar-refractivity contribution in [1.82, 2.24) is 5.43 Å². The van der Waals surface area contributed by atoms with Crippen molar-refractivity contribution in [2.45, 2.75) is 56.2 Å². The third kappa shape index (κ3) is 2.44. The fourth-order valence-electron chi connectivity index (χ4n) is 2.91. The molecule has 3 N–H and O–H groups in total. The topological polar surface area (TPSA) is 38.0 Å². The van der Waals surface area contributed by atoms with Crippen molar-refractivity contribution in [1.29, 1.82) is 0 Å². The average molecular weight is 214 g/mol. The lowest BCUT2D eigenvalue weighted by Crippen LogP contribution is -2.47. The first kappa shape index (κ1) is 10.8. The molecule has 1 aliphatic carbocycles. The molecule has 0 aromatic rings. The smallest absolute Gasteiger partial charge is 0.0357 e. The Balaban J connectivity index is 1.89. The predicted molar refractivity (Wildman–Crippen MR) is 63.2 cm³/mol. The molecule has 1 saturated heterocycles. The first-order valence-corrected chi connectivity index (χ1v) is 7.04. The van der Waals surface area contributed by atoms with Gasteiger partial charge < -0.3 is 0 Å². The minimum Gasteiger partial charge on any atom is -0.271 e. The lowest BCUT2D eigenvalue weighted by molar-refractivity contribution is 0.341. The lowest BCUT2D eigenvalue weighted by atomic mass is 9.93. The van der Waals surface area contributed by atoms with E-state index >= 15 is 0 Å². The van der Waals surface area contributed by atoms with Crippen LogP contribution in [0.2, 0.25) is 0 Å². The maximum atomic E-state index is 5.72. The molecule has 0 amide bonds. The number of nitrogens with two attached hydrogens (primary N) is 1. The number of nitrogens with one attached hydrogen (secondary N) is 1. The van der Waals surface area contributed by atoms with Crippen LogP contribution in [0.5, 0.6) is 0 Å². The summed E-state index contributed by atoms with van der Waals surface area (Å²) in [7, 11) is 0. The number of hydrazine groups is 1. The van der Waals surface area contributed by atoms with Crippen molar-refractivity contribution in [2.75, 3.05) is 5.75 Å². The molecule has 0 aromatic heterocycles. The van der Waals surface area contributed by atoms with Gasteiger partial charge in [0.15, 0.2) is 0 Å². The molecule has 0 bridgehead atoms. The summed E-state index contributed by atoms with van der Waals surface area (Å²) in [5.41, 5.74) is 3.09. The Morgan fingerprint density at radius 2 is 1.79 bits per heavy atom. The second-order valence-electron chi connectivity index (χ2n) is 4.64. The van der Waals surface area contributed by atoms with E-state index in [0.717, 1.165) is 11.2 Å². The first-order valence-electron chi connectivity index (χ1n) is 5.99. The van der Waals surface area contributed by atoms with Gasteiger partial charge >= 0.3 is 0 Å². The van der Waals surface area contributed by atoms with Gasteiger partial charge in [-0.2, -0.15) is 11.8 Å². The summed E-state index contributed by atoms with van der Waals surface area (Å²) in [5, 5.41) is 0.789. The zero-order chi connectivity index (χ0) is 9.80. The van der Waals surface area contributed by atoms with Crippen LogP contribution in [0.4, 0.5) is 0 Å². The zero-order valence-electron chi connectivity index (χ0n) is 8.87.